The number of amides is 2. The summed E-state index contributed by atoms with van der Waals surface area (Å²) in [6.07, 6.45) is 3.96. The molecule has 1 aliphatic heterocycles. The normalized spacial score (nSPS) is 14.8. The van der Waals surface area contributed by atoms with Crippen LogP contribution in [-0.2, 0) is 18.4 Å². The Morgan fingerprint density at radius 3 is 2.71 bits per heavy atom. The summed E-state index contributed by atoms with van der Waals surface area (Å²) in [5.74, 6) is 0.0570. The maximum Gasteiger partial charge on any atom is 0.255 e. The fourth-order valence-electron chi connectivity index (χ4n) is 3.06. The van der Waals surface area contributed by atoms with Gasteiger partial charge in [-0.15, -0.1) is 0 Å². The van der Waals surface area contributed by atoms with E-state index < -0.39 is 6.04 Å². The van der Waals surface area contributed by atoms with E-state index in [9.17, 15) is 9.59 Å². The molecule has 0 spiro atoms. The predicted octanol–water partition coefficient (Wildman–Crippen LogP) is 2.43. The topological polar surface area (TPSA) is 67.2 Å². The van der Waals surface area contributed by atoms with Crippen molar-refractivity contribution in [2.24, 2.45) is 13.0 Å². The van der Waals surface area contributed by atoms with Gasteiger partial charge in [0.05, 0.1) is 11.9 Å². The maximum absolute atomic E-state index is 12.8. The van der Waals surface area contributed by atoms with Crippen LogP contribution >= 0.6 is 0 Å². The standard InChI is InChI=1S/C18H22N4O2/c1-12(2)8-16(17(23)20-14-9-19-21(3)11-14)22-10-13-6-4-5-7-15(13)18(22)24/h4-7,9,11-12,16H,8,10H2,1-3H3,(H,20,23)/t16-/m0/s1. The van der Waals surface area contributed by atoms with Crippen molar-refractivity contribution in [3.05, 3.63) is 47.8 Å². The summed E-state index contributed by atoms with van der Waals surface area (Å²) in [7, 11) is 1.79. The van der Waals surface area contributed by atoms with E-state index in [-0.39, 0.29) is 11.8 Å². The van der Waals surface area contributed by atoms with Gasteiger partial charge >= 0.3 is 0 Å². The number of nitrogens with zero attached hydrogens (tertiary/aromatic N) is 3. The molecule has 0 radical (unpaired) electrons. The van der Waals surface area contributed by atoms with Crippen LogP contribution in [-0.4, -0.2) is 32.5 Å². The Balaban J connectivity index is 1.82. The third kappa shape index (κ3) is 3.18. The summed E-state index contributed by atoms with van der Waals surface area (Å²) in [4.78, 5) is 27.2. The monoisotopic (exact) mass is 326 g/mol. The second kappa shape index (κ2) is 6.47. The molecule has 6 nitrogen and oxygen atoms in total. The van der Waals surface area contributed by atoms with Crippen LogP contribution < -0.4 is 5.32 Å². The van der Waals surface area contributed by atoms with Crippen molar-refractivity contribution < 1.29 is 9.59 Å². The molecule has 2 heterocycles. The van der Waals surface area contributed by atoms with Gasteiger partial charge in [-0.25, -0.2) is 0 Å². The molecular weight excluding hydrogens is 304 g/mol. The number of anilines is 1. The molecule has 0 aliphatic carbocycles. The fourth-order valence-corrected chi connectivity index (χ4v) is 3.06. The summed E-state index contributed by atoms with van der Waals surface area (Å²) < 4.78 is 1.63. The third-order valence-corrected chi connectivity index (χ3v) is 4.20. The Kier molecular flexibility index (Phi) is 4.38. The van der Waals surface area contributed by atoms with Crippen molar-refractivity contribution in [2.75, 3.05) is 5.32 Å². The van der Waals surface area contributed by atoms with Crippen molar-refractivity contribution >= 4 is 17.5 Å². The van der Waals surface area contributed by atoms with Gasteiger partial charge in [0.15, 0.2) is 0 Å². The maximum atomic E-state index is 12.8. The zero-order valence-electron chi connectivity index (χ0n) is 14.2. The van der Waals surface area contributed by atoms with Crippen molar-refractivity contribution in [1.29, 1.82) is 0 Å². The third-order valence-electron chi connectivity index (χ3n) is 4.20. The molecule has 1 atom stereocenters. The van der Waals surface area contributed by atoms with Crippen molar-refractivity contribution in [3.8, 4) is 0 Å². The van der Waals surface area contributed by atoms with Gasteiger partial charge in [-0.3, -0.25) is 14.3 Å². The number of benzene rings is 1. The van der Waals surface area contributed by atoms with E-state index >= 15 is 0 Å². The number of nitrogens with one attached hydrogen (secondary N) is 1. The van der Waals surface area contributed by atoms with Crippen molar-refractivity contribution in [2.45, 2.75) is 32.9 Å². The summed E-state index contributed by atoms with van der Waals surface area (Å²) in [6.45, 7) is 4.59. The van der Waals surface area contributed by atoms with E-state index in [1.54, 1.807) is 29.0 Å². The predicted molar refractivity (Wildman–Crippen MR) is 91.4 cm³/mol. The lowest BCUT2D eigenvalue weighted by Crippen LogP contribution is -2.45. The first-order valence-corrected chi connectivity index (χ1v) is 8.14. The second-order valence-electron chi connectivity index (χ2n) is 6.63. The molecule has 126 valence electrons. The number of carbonyl (C=O) groups excluding carboxylic acids is 2. The number of aromatic nitrogens is 2. The lowest BCUT2D eigenvalue weighted by molar-refractivity contribution is -0.121. The molecule has 1 aromatic heterocycles. The SMILES string of the molecule is CC(C)C[C@@H](C(=O)Nc1cnn(C)c1)N1Cc2ccccc2C1=O. The van der Waals surface area contributed by atoms with Gasteiger partial charge in [-0.05, 0) is 24.0 Å². The average molecular weight is 326 g/mol. The number of rotatable bonds is 5. The highest BCUT2D eigenvalue weighted by Gasteiger charge is 2.36. The summed E-state index contributed by atoms with van der Waals surface area (Å²) in [5, 5.41) is 6.93. The van der Waals surface area contributed by atoms with Crippen molar-refractivity contribution in [3.63, 3.8) is 0 Å². The molecule has 0 fully saturated rings. The van der Waals surface area contributed by atoms with E-state index in [4.69, 9.17) is 0 Å². The van der Waals surface area contributed by atoms with Gasteiger partial charge in [0.25, 0.3) is 5.91 Å². The van der Waals surface area contributed by atoms with Gasteiger partial charge < -0.3 is 10.2 Å². The lowest BCUT2D eigenvalue weighted by Gasteiger charge is -2.28. The quantitative estimate of drug-likeness (QED) is 0.917. The largest absolute Gasteiger partial charge is 0.322 e. The molecule has 0 saturated carbocycles. The second-order valence-corrected chi connectivity index (χ2v) is 6.63. The summed E-state index contributed by atoms with van der Waals surface area (Å²) in [5.41, 5.74) is 2.31. The van der Waals surface area contributed by atoms with E-state index in [2.05, 4.69) is 24.3 Å². The van der Waals surface area contributed by atoms with Gasteiger partial charge in [0.1, 0.15) is 6.04 Å². The summed E-state index contributed by atoms with van der Waals surface area (Å²) >= 11 is 0. The first kappa shape index (κ1) is 16.2. The highest BCUT2D eigenvalue weighted by atomic mass is 16.2. The molecule has 2 aromatic rings. The molecule has 1 N–H and O–H groups in total. The first-order valence-electron chi connectivity index (χ1n) is 8.14. The van der Waals surface area contributed by atoms with Crippen LogP contribution in [0.15, 0.2) is 36.7 Å². The molecule has 24 heavy (non-hydrogen) atoms. The minimum absolute atomic E-state index is 0.0717. The molecule has 3 rings (SSSR count). The smallest absolute Gasteiger partial charge is 0.255 e. The number of hydrogen-bond donors (Lipinski definition) is 1. The average Bonchev–Trinajstić information content (AvgIpc) is 3.09. The number of fused-ring (bicyclic) bond motifs is 1. The molecule has 0 saturated heterocycles. The van der Waals surface area contributed by atoms with Crippen LogP contribution in [0.25, 0.3) is 0 Å². The van der Waals surface area contributed by atoms with E-state index in [1.165, 1.54) is 0 Å². The summed E-state index contributed by atoms with van der Waals surface area (Å²) in [6, 6.07) is 7.04. The van der Waals surface area contributed by atoms with Crippen LogP contribution in [0.5, 0.6) is 0 Å². The van der Waals surface area contributed by atoms with Gasteiger partial charge in [0, 0.05) is 25.4 Å². The highest BCUT2D eigenvalue weighted by molar-refractivity contribution is 6.03. The zero-order chi connectivity index (χ0) is 17.3. The highest BCUT2D eigenvalue weighted by Crippen LogP contribution is 2.27. The van der Waals surface area contributed by atoms with Crippen LogP contribution in [0.2, 0.25) is 0 Å². The minimum atomic E-state index is -0.495. The number of hydrogen-bond acceptors (Lipinski definition) is 3. The van der Waals surface area contributed by atoms with E-state index in [0.29, 0.717) is 30.1 Å². The number of aryl methyl sites for hydroxylation is 1. The zero-order valence-corrected chi connectivity index (χ0v) is 14.2. The van der Waals surface area contributed by atoms with Crippen LogP contribution in [0, 0.1) is 5.92 Å². The molecule has 6 heteroatoms. The van der Waals surface area contributed by atoms with E-state index in [1.807, 2.05) is 24.3 Å². The molecule has 0 unspecified atom stereocenters. The molecule has 0 bridgehead atoms. The molecule has 2 amide bonds. The first-order chi connectivity index (χ1) is 11.5. The Morgan fingerprint density at radius 1 is 1.33 bits per heavy atom. The molecular formula is C18H22N4O2. The minimum Gasteiger partial charge on any atom is -0.322 e. The lowest BCUT2D eigenvalue weighted by atomic mass is 10.0. The van der Waals surface area contributed by atoms with Gasteiger partial charge in [-0.2, -0.15) is 5.10 Å². The van der Waals surface area contributed by atoms with Crippen molar-refractivity contribution in [1.82, 2.24) is 14.7 Å². The number of carbonyl (C=O) groups is 2. The fraction of sp³-hybridized carbons (Fsp3) is 0.389. The Hall–Kier alpha value is -2.63. The Morgan fingerprint density at radius 2 is 2.08 bits per heavy atom. The molecule has 1 aromatic carbocycles. The Bertz CT molecular complexity index is 766. The van der Waals surface area contributed by atoms with Crippen LogP contribution in [0.4, 0.5) is 5.69 Å². The van der Waals surface area contributed by atoms with Crippen LogP contribution in [0.1, 0.15) is 36.2 Å². The van der Waals surface area contributed by atoms with Gasteiger partial charge in [0.2, 0.25) is 5.91 Å². The van der Waals surface area contributed by atoms with Crippen LogP contribution in [0.3, 0.4) is 0 Å². The van der Waals surface area contributed by atoms with E-state index in [0.717, 1.165) is 5.56 Å². The Labute approximate surface area is 141 Å². The van der Waals surface area contributed by atoms with Gasteiger partial charge in [-0.1, -0.05) is 32.0 Å². The molecule has 1 aliphatic rings.